The maximum absolute atomic E-state index is 11.0. The number of nitriles is 1. The van der Waals surface area contributed by atoms with Crippen LogP contribution in [0.1, 0.15) is 24.8 Å². The lowest BCUT2D eigenvalue weighted by atomic mass is 9.95. The Hall–Kier alpha value is -1.82. The van der Waals surface area contributed by atoms with Crippen LogP contribution in [0.3, 0.4) is 0 Å². The van der Waals surface area contributed by atoms with Crippen molar-refractivity contribution in [3.8, 4) is 11.8 Å². The summed E-state index contributed by atoms with van der Waals surface area (Å²) in [6.07, 6.45) is 0.254. The van der Waals surface area contributed by atoms with E-state index in [0.29, 0.717) is 5.75 Å². The van der Waals surface area contributed by atoms with E-state index in [-0.39, 0.29) is 18.1 Å². The molecule has 0 aliphatic heterocycles. The lowest BCUT2D eigenvalue weighted by Crippen LogP contribution is -2.02. The van der Waals surface area contributed by atoms with Crippen molar-refractivity contribution in [1.29, 1.82) is 5.26 Å². The van der Waals surface area contributed by atoms with Crippen molar-refractivity contribution in [2.75, 3.05) is 7.11 Å². The van der Waals surface area contributed by atoms with Crippen LogP contribution in [0, 0.1) is 11.3 Å². The SMILES string of the molecule is COc1cccc(C(C#N)CC(C)=O)c1. The van der Waals surface area contributed by atoms with E-state index in [0.717, 1.165) is 5.56 Å². The van der Waals surface area contributed by atoms with Crippen LogP contribution in [0.4, 0.5) is 0 Å². The predicted octanol–water partition coefficient (Wildman–Crippen LogP) is 2.28. The van der Waals surface area contributed by atoms with E-state index in [2.05, 4.69) is 6.07 Å². The van der Waals surface area contributed by atoms with Gasteiger partial charge >= 0.3 is 0 Å². The van der Waals surface area contributed by atoms with Crippen molar-refractivity contribution in [3.05, 3.63) is 29.8 Å². The molecule has 0 aliphatic carbocycles. The van der Waals surface area contributed by atoms with Crippen molar-refractivity contribution in [2.45, 2.75) is 19.3 Å². The number of benzene rings is 1. The highest BCUT2D eigenvalue weighted by atomic mass is 16.5. The molecule has 1 atom stereocenters. The van der Waals surface area contributed by atoms with Gasteiger partial charge in [-0.1, -0.05) is 12.1 Å². The first kappa shape index (κ1) is 11.3. The summed E-state index contributed by atoms with van der Waals surface area (Å²) < 4.78 is 5.06. The van der Waals surface area contributed by atoms with Crippen molar-refractivity contribution in [1.82, 2.24) is 0 Å². The zero-order chi connectivity index (χ0) is 11.3. The van der Waals surface area contributed by atoms with Gasteiger partial charge in [-0.15, -0.1) is 0 Å². The molecule has 1 aromatic rings. The van der Waals surface area contributed by atoms with Crippen LogP contribution in [0.2, 0.25) is 0 Å². The van der Waals surface area contributed by atoms with Gasteiger partial charge in [0.2, 0.25) is 0 Å². The first-order valence-electron chi connectivity index (χ1n) is 4.70. The fourth-order valence-electron chi connectivity index (χ4n) is 1.38. The van der Waals surface area contributed by atoms with E-state index in [1.54, 1.807) is 13.2 Å². The molecule has 3 heteroatoms. The monoisotopic (exact) mass is 203 g/mol. The maximum atomic E-state index is 11.0. The molecule has 1 aromatic carbocycles. The van der Waals surface area contributed by atoms with E-state index in [9.17, 15) is 4.79 Å². The number of carbonyl (C=O) groups excluding carboxylic acids is 1. The Morgan fingerprint density at radius 1 is 1.60 bits per heavy atom. The molecular weight excluding hydrogens is 190 g/mol. The van der Waals surface area contributed by atoms with E-state index < -0.39 is 0 Å². The number of methoxy groups -OCH3 is 1. The van der Waals surface area contributed by atoms with Crippen LogP contribution in [0.15, 0.2) is 24.3 Å². The molecule has 1 unspecified atom stereocenters. The van der Waals surface area contributed by atoms with Gasteiger partial charge in [0.1, 0.15) is 11.5 Å². The molecule has 78 valence electrons. The predicted molar refractivity (Wildman–Crippen MR) is 56.6 cm³/mol. The summed E-state index contributed by atoms with van der Waals surface area (Å²) >= 11 is 0. The Kier molecular flexibility index (Phi) is 3.87. The fourth-order valence-corrected chi connectivity index (χ4v) is 1.38. The number of hydrogen-bond acceptors (Lipinski definition) is 3. The maximum Gasteiger partial charge on any atom is 0.131 e. The Morgan fingerprint density at radius 2 is 2.33 bits per heavy atom. The molecule has 0 saturated heterocycles. The molecule has 0 fully saturated rings. The van der Waals surface area contributed by atoms with E-state index in [1.807, 2.05) is 18.2 Å². The van der Waals surface area contributed by atoms with Crippen LogP contribution in [0.25, 0.3) is 0 Å². The molecule has 15 heavy (non-hydrogen) atoms. The van der Waals surface area contributed by atoms with Crippen molar-refractivity contribution in [3.63, 3.8) is 0 Å². The first-order valence-corrected chi connectivity index (χ1v) is 4.70. The molecule has 0 heterocycles. The topological polar surface area (TPSA) is 50.1 Å². The number of ether oxygens (including phenoxy) is 1. The zero-order valence-corrected chi connectivity index (χ0v) is 8.86. The van der Waals surface area contributed by atoms with E-state index in [1.165, 1.54) is 6.92 Å². The molecule has 0 aromatic heterocycles. The summed E-state index contributed by atoms with van der Waals surface area (Å²) in [6, 6.07) is 9.38. The molecule has 0 saturated carbocycles. The molecule has 1 rings (SSSR count). The fraction of sp³-hybridized carbons (Fsp3) is 0.333. The minimum Gasteiger partial charge on any atom is -0.497 e. The Balaban J connectivity index is 2.92. The van der Waals surface area contributed by atoms with Crippen LogP contribution >= 0.6 is 0 Å². The van der Waals surface area contributed by atoms with Crippen LogP contribution in [-0.2, 0) is 4.79 Å². The van der Waals surface area contributed by atoms with Gasteiger partial charge < -0.3 is 4.74 Å². The summed E-state index contributed by atoms with van der Waals surface area (Å²) in [5.74, 6) is 0.346. The summed E-state index contributed by atoms with van der Waals surface area (Å²) in [6.45, 7) is 1.49. The third-order valence-corrected chi connectivity index (χ3v) is 2.14. The molecule has 0 amide bonds. The minimum atomic E-state index is -0.377. The largest absolute Gasteiger partial charge is 0.497 e. The molecule has 0 aliphatic rings. The standard InChI is InChI=1S/C12H13NO2/c1-9(14)6-11(8-13)10-4-3-5-12(7-10)15-2/h3-5,7,11H,6H2,1-2H3. The second-order valence-corrected chi connectivity index (χ2v) is 3.36. The van der Waals surface area contributed by atoms with Crippen LogP contribution in [0.5, 0.6) is 5.75 Å². The second-order valence-electron chi connectivity index (χ2n) is 3.36. The molecule has 0 N–H and O–H groups in total. The smallest absolute Gasteiger partial charge is 0.131 e. The average molecular weight is 203 g/mol. The van der Waals surface area contributed by atoms with Gasteiger partial charge in [-0.2, -0.15) is 5.26 Å². The van der Waals surface area contributed by atoms with Gasteiger partial charge in [0, 0.05) is 6.42 Å². The summed E-state index contributed by atoms with van der Waals surface area (Å²) in [4.78, 5) is 11.0. The average Bonchev–Trinajstić information content (AvgIpc) is 2.25. The number of rotatable bonds is 4. The number of hydrogen-bond donors (Lipinski definition) is 0. The first-order chi connectivity index (χ1) is 7.17. The van der Waals surface area contributed by atoms with Gasteiger partial charge in [-0.05, 0) is 24.6 Å². The highest BCUT2D eigenvalue weighted by Crippen LogP contribution is 2.23. The van der Waals surface area contributed by atoms with Gasteiger partial charge in [-0.25, -0.2) is 0 Å². The van der Waals surface area contributed by atoms with Gasteiger partial charge in [0.25, 0.3) is 0 Å². The number of nitrogens with zero attached hydrogens (tertiary/aromatic N) is 1. The van der Waals surface area contributed by atoms with Crippen molar-refractivity contribution in [2.24, 2.45) is 0 Å². The summed E-state index contributed by atoms with van der Waals surface area (Å²) in [5, 5.41) is 8.95. The third kappa shape index (κ3) is 3.10. The van der Waals surface area contributed by atoms with E-state index >= 15 is 0 Å². The number of Topliss-reactive ketones (excluding diaryl/α,β-unsaturated/α-hetero) is 1. The highest BCUT2D eigenvalue weighted by Gasteiger charge is 2.13. The van der Waals surface area contributed by atoms with Crippen molar-refractivity contribution < 1.29 is 9.53 Å². The van der Waals surface area contributed by atoms with Gasteiger partial charge in [0.15, 0.2) is 0 Å². The summed E-state index contributed by atoms with van der Waals surface area (Å²) in [5.41, 5.74) is 0.826. The Bertz CT molecular complexity index is 393. The second kappa shape index (κ2) is 5.16. The molecular formula is C12H13NO2. The normalized spacial score (nSPS) is 11.5. The van der Waals surface area contributed by atoms with Crippen molar-refractivity contribution >= 4 is 5.78 Å². The lowest BCUT2D eigenvalue weighted by molar-refractivity contribution is -0.117. The van der Waals surface area contributed by atoms with Crippen LogP contribution in [-0.4, -0.2) is 12.9 Å². The highest BCUT2D eigenvalue weighted by molar-refractivity contribution is 5.77. The molecule has 0 radical (unpaired) electrons. The van der Waals surface area contributed by atoms with Gasteiger partial charge in [-0.3, -0.25) is 4.79 Å². The van der Waals surface area contributed by atoms with E-state index in [4.69, 9.17) is 10.00 Å². The third-order valence-electron chi connectivity index (χ3n) is 2.14. The quantitative estimate of drug-likeness (QED) is 0.754. The van der Waals surface area contributed by atoms with Crippen LogP contribution < -0.4 is 4.74 Å². The molecule has 0 bridgehead atoms. The van der Waals surface area contributed by atoms with Gasteiger partial charge in [0.05, 0.1) is 19.1 Å². The lowest BCUT2D eigenvalue weighted by Gasteiger charge is -2.08. The Labute approximate surface area is 89.3 Å². The number of ketones is 1. The number of carbonyl (C=O) groups is 1. The molecule has 3 nitrogen and oxygen atoms in total. The Morgan fingerprint density at radius 3 is 2.87 bits per heavy atom. The minimum absolute atomic E-state index is 0.0179. The molecule has 0 spiro atoms. The summed E-state index contributed by atoms with van der Waals surface area (Å²) in [7, 11) is 1.57. The zero-order valence-electron chi connectivity index (χ0n) is 8.86.